The third kappa shape index (κ3) is 3.00. The summed E-state index contributed by atoms with van der Waals surface area (Å²) < 4.78 is 14.7. The Bertz CT molecular complexity index is 1690. The first-order valence-corrected chi connectivity index (χ1v) is 10.3. The lowest BCUT2D eigenvalue weighted by atomic mass is 10.0. The number of aromatic nitrogens is 8. The summed E-state index contributed by atoms with van der Waals surface area (Å²) in [6.45, 7) is 3.53. The summed E-state index contributed by atoms with van der Waals surface area (Å²) in [4.78, 5) is 11.8. The predicted octanol–water partition coefficient (Wildman–Crippen LogP) is 2.64. The number of carbonyl (C=O) groups excluding carboxylic acids is 1. The number of rotatable bonds is 5. The molecule has 0 amide bonds. The number of aryl methyl sites for hydroxylation is 2. The summed E-state index contributed by atoms with van der Waals surface area (Å²) in [5.74, 6) is 1.40. The largest absolute Gasteiger partial charge is 0.464 e. The van der Waals surface area contributed by atoms with Crippen molar-refractivity contribution in [2.75, 3.05) is 0 Å². The van der Waals surface area contributed by atoms with E-state index in [0.29, 0.717) is 57.0 Å². The molecule has 2 aromatic carbocycles. The zero-order valence-electron chi connectivity index (χ0n) is 17.9. The van der Waals surface area contributed by atoms with Crippen molar-refractivity contribution >= 4 is 28.2 Å². The number of aliphatic hydroxyl groups is 1. The number of fused-ring (bicyclic) bond motifs is 2. The zero-order valence-corrected chi connectivity index (χ0v) is 17.9. The Morgan fingerprint density at radius 3 is 2.24 bits per heavy atom. The van der Waals surface area contributed by atoms with Gasteiger partial charge in [0.1, 0.15) is 23.0 Å². The Hall–Kier alpha value is -4.71. The molecule has 168 valence electrons. The molecule has 1 N–H and O–H groups in total. The number of aliphatic hydroxyl groups excluding tert-OH is 1. The molecule has 0 aliphatic rings. The number of hydrogen-bond donors (Lipinski definition) is 1. The lowest BCUT2D eigenvalue weighted by Gasteiger charge is -2.11. The van der Waals surface area contributed by atoms with Gasteiger partial charge in [-0.15, -0.1) is 10.2 Å². The maximum Gasteiger partial charge on any atom is 0.153 e. The SMILES string of the molecule is Cc1nnnn1-c1cc(C=O)c2oc(C(O)c3cc(-n4nnnc4C)cc4ccoc34)cc2c1. The quantitative estimate of drug-likeness (QED) is 0.383. The van der Waals surface area contributed by atoms with E-state index >= 15 is 0 Å². The number of hydrogen-bond acceptors (Lipinski definition) is 10. The maximum atomic E-state index is 11.8. The van der Waals surface area contributed by atoms with Crippen LogP contribution in [-0.2, 0) is 0 Å². The Labute approximate surface area is 190 Å². The topological polar surface area (TPSA) is 151 Å². The van der Waals surface area contributed by atoms with E-state index in [4.69, 9.17) is 8.83 Å². The van der Waals surface area contributed by atoms with Crippen LogP contribution in [0.2, 0.25) is 0 Å². The summed E-state index contributed by atoms with van der Waals surface area (Å²) >= 11 is 0. The molecule has 4 aromatic heterocycles. The van der Waals surface area contributed by atoms with Crippen LogP contribution in [0.5, 0.6) is 0 Å². The number of carbonyl (C=O) groups is 1. The highest BCUT2D eigenvalue weighted by Crippen LogP contribution is 2.36. The van der Waals surface area contributed by atoms with Crippen LogP contribution in [0.15, 0.2) is 51.5 Å². The van der Waals surface area contributed by atoms with Crippen molar-refractivity contribution in [3.05, 3.63) is 71.2 Å². The van der Waals surface area contributed by atoms with Gasteiger partial charge in [-0.1, -0.05) is 0 Å². The second-order valence-electron chi connectivity index (χ2n) is 7.77. The van der Waals surface area contributed by atoms with E-state index < -0.39 is 6.10 Å². The molecule has 12 heteroatoms. The standard InChI is InChI=1S/C22H16N8O4/c1-11-23-25-27-29(11)16-6-14-8-19(34-21(14)15(7-16)10-31)20(32)18-9-17(30-12(2)24-26-28-30)5-13-3-4-33-22(13)18/h3-10,20,32H,1-2H3. The lowest BCUT2D eigenvalue weighted by Crippen LogP contribution is -2.04. The van der Waals surface area contributed by atoms with E-state index in [1.807, 2.05) is 6.07 Å². The van der Waals surface area contributed by atoms with Gasteiger partial charge in [0.05, 0.1) is 23.2 Å². The molecular weight excluding hydrogens is 440 g/mol. The number of tetrazole rings is 2. The Kier molecular flexibility index (Phi) is 4.35. The van der Waals surface area contributed by atoms with Crippen LogP contribution in [0.1, 0.15) is 39.4 Å². The molecule has 0 bridgehead atoms. The van der Waals surface area contributed by atoms with E-state index in [0.717, 1.165) is 5.39 Å². The smallest absolute Gasteiger partial charge is 0.153 e. The predicted molar refractivity (Wildman–Crippen MR) is 117 cm³/mol. The zero-order chi connectivity index (χ0) is 23.4. The van der Waals surface area contributed by atoms with Gasteiger partial charge in [-0.3, -0.25) is 4.79 Å². The van der Waals surface area contributed by atoms with Crippen LogP contribution >= 0.6 is 0 Å². The summed E-state index contributed by atoms with van der Waals surface area (Å²) in [5, 5.41) is 35.8. The minimum atomic E-state index is -1.18. The van der Waals surface area contributed by atoms with Gasteiger partial charge >= 0.3 is 0 Å². The van der Waals surface area contributed by atoms with Gasteiger partial charge in [0.2, 0.25) is 0 Å². The normalized spacial score (nSPS) is 12.6. The van der Waals surface area contributed by atoms with Crippen molar-refractivity contribution in [2.24, 2.45) is 0 Å². The lowest BCUT2D eigenvalue weighted by molar-refractivity contribution is 0.112. The fraction of sp³-hybridized carbons (Fsp3) is 0.136. The van der Waals surface area contributed by atoms with Crippen molar-refractivity contribution in [3.63, 3.8) is 0 Å². The molecular formula is C22H16N8O4. The third-order valence-corrected chi connectivity index (χ3v) is 5.64. The maximum absolute atomic E-state index is 11.8. The van der Waals surface area contributed by atoms with Gasteiger partial charge in [-0.2, -0.15) is 9.36 Å². The second kappa shape index (κ2) is 7.42. The average molecular weight is 456 g/mol. The summed E-state index contributed by atoms with van der Waals surface area (Å²) in [6, 6.07) is 10.5. The molecule has 6 rings (SSSR count). The van der Waals surface area contributed by atoms with Crippen LogP contribution in [0.25, 0.3) is 33.3 Å². The molecule has 0 spiro atoms. The van der Waals surface area contributed by atoms with Gasteiger partial charge in [-0.25, -0.2) is 0 Å². The molecule has 12 nitrogen and oxygen atoms in total. The van der Waals surface area contributed by atoms with Crippen LogP contribution in [-0.4, -0.2) is 51.8 Å². The van der Waals surface area contributed by atoms with E-state index in [1.54, 1.807) is 55.1 Å². The van der Waals surface area contributed by atoms with Crippen LogP contribution in [0, 0.1) is 13.8 Å². The highest BCUT2D eigenvalue weighted by molar-refractivity contribution is 5.96. The van der Waals surface area contributed by atoms with Gasteiger partial charge in [0, 0.05) is 16.3 Å². The molecule has 0 radical (unpaired) electrons. The van der Waals surface area contributed by atoms with Gasteiger partial charge in [0.15, 0.2) is 17.9 Å². The van der Waals surface area contributed by atoms with Crippen LogP contribution in [0.4, 0.5) is 0 Å². The van der Waals surface area contributed by atoms with Crippen molar-refractivity contribution in [1.82, 2.24) is 40.4 Å². The Balaban J connectivity index is 1.50. The van der Waals surface area contributed by atoms with Crippen LogP contribution in [0.3, 0.4) is 0 Å². The van der Waals surface area contributed by atoms with Gasteiger partial charge < -0.3 is 13.9 Å². The molecule has 1 atom stereocenters. The first-order chi connectivity index (χ1) is 16.5. The molecule has 6 aromatic rings. The summed E-state index contributed by atoms with van der Waals surface area (Å²) in [6.07, 6.45) is 1.05. The monoisotopic (exact) mass is 456 g/mol. The Morgan fingerprint density at radius 2 is 1.59 bits per heavy atom. The average Bonchev–Trinajstić information content (AvgIpc) is 3.63. The molecule has 0 fully saturated rings. The number of benzene rings is 2. The number of furan rings is 2. The fourth-order valence-corrected chi connectivity index (χ4v) is 4.04. The van der Waals surface area contributed by atoms with E-state index in [1.165, 1.54) is 4.68 Å². The van der Waals surface area contributed by atoms with Crippen molar-refractivity contribution < 1.29 is 18.7 Å². The highest BCUT2D eigenvalue weighted by Gasteiger charge is 2.23. The number of aldehydes is 1. The van der Waals surface area contributed by atoms with Crippen molar-refractivity contribution in [3.8, 4) is 11.4 Å². The van der Waals surface area contributed by atoms with Gasteiger partial charge in [0.25, 0.3) is 0 Å². The van der Waals surface area contributed by atoms with E-state index in [9.17, 15) is 9.90 Å². The molecule has 1 unspecified atom stereocenters. The first kappa shape index (κ1) is 19.9. The molecule has 4 heterocycles. The first-order valence-electron chi connectivity index (χ1n) is 10.3. The Morgan fingerprint density at radius 1 is 0.912 bits per heavy atom. The molecule has 0 aliphatic carbocycles. The summed E-state index contributed by atoms with van der Waals surface area (Å²) in [7, 11) is 0. The van der Waals surface area contributed by atoms with Crippen molar-refractivity contribution in [2.45, 2.75) is 20.0 Å². The fourth-order valence-electron chi connectivity index (χ4n) is 4.04. The molecule has 0 saturated carbocycles. The van der Waals surface area contributed by atoms with Crippen molar-refractivity contribution in [1.29, 1.82) is 0 Å². The third-order valence-electron chi connectivity index (χ3n) is 5.64. The van der Waals surface area contributed by atoms with Crippen LogP contribution < -0.4 is 0 Å². The minimum absolute atomic E-state index is 0.243. The molecule has 34 heavy (non-hydrogen) atoms. The van der Waals surface area contributed by atoms with E-state index in [-0.39, 0.29) is 5.76 Å². The molecule has 0 saturated heterocycles. The summed E-state index contributed by atoms with van der Waals surface area (Å²) in [5.41, 5.74) is 2.89. The van der Waals surface area contributed by atoms with Gasteiger partial charge in [-0.05, 0) is 71.1 Å². The minimum Gasteiger partial charge on any atom is -0.464 e. The number of nitrogens with zero attached hydrogens (tertiary/aromatic N) is 8. The molecule has 0 aliphatic heterocycles. The highest BCUT2D eigenvalue weighted by atomic mass is 16.4. The second-order valence-corrected chi connectivity index (χ2v) is 7.77. The van der Waals surface area contributed by atoms with E-state index in [2.05, 4.69) is 31.1 Å².